The molecule has 0 heterocycles. The van der Waals surface area contributed by atoms with Crippen molar-refractivity contribution >= 4 is 50.9 Å². The zero-order chi connectivity index (χ0) is 31.7. The molecule has 230 valence electrons. The van der Waals surface area contributed by atoms with Crippen molar-refractivity contribution in [2.24, 2.45) is 0 Å². The fraction of sp³-hybridized carbons (Fsp3) is 0.235. The minimum atomic E-state index is -4.17. The molecule has 0 saturated carbocycles. The van der Waals surface area contributed by atoms with Crippen molar-refractivity contribution in [2.75, 3.05) is 23.7 Å². The summed E-state index contributed by atoms with van der Waals surface area (Å²) in [6.07, 6.45) is 2.14. The summed E-state index contributed by atoms with van der Waals surface area (Å²) in [5.74, 6) is -0.879. The lowest BCUT2D eigenvalue weighted by molar-refractivity contribution is -0.140. The minimum absolute atomic E-state index is 0.0113. The van der Waals surface area contributed by atoms with E-state index in [2.05, 4.69) is 5.32 Å². The van der Waals surface area contributed by atoms with Crippen LogP contribution in [0.15, 0.2) is 113 Å². The van der Waals surface area contributed by atoms with Crippen LogP contribution in [0.4, 0.5) is 5.69 Å². The number of hydrogen-bond donors (Lipinski definition) is 1. The summed E-state index contributed by atoms with van der Waals surface area (Å²) in [4.78, 5) is 30.4. The lowest BCUT2D eigenvalue weighted by Crippen LogP contribution is -2.53. The highest BCUT2D eigenvalue weighted by atomic mass is 35.5. The van der Waals surface area contributed by atoms with Gasteiger partial charge in [0.2, 0.25) is 11.8 Å². The second-order valence-corrected chi connectivity index (χ2v) is 13.4. The SMILES string of the molecule is CCNC(=O)[C@@H](Cc1ccccc1)N(Cc1ccccc1Cl)C(=O)CN(c1ccc(C)cc1)S(=O)(=O)c1ccc(SC)cc1. The maximum atomic E-state index is 14.4. The molecule has 4 aromatic rings. The van der Waals surface area contributed by atoms with Gasteiger partial charge in [0.05, 0.1) is 10.6 Å². The molecule has 44 heavy (non-hydrogen) atoms. The number of carbonyl (C=O) groups excluding carboxylic acids is 2. The Morgan fingerprint density at radius 3 is 2.14 bits per heavy atom. The molecule has 4 aromatic carbocycles. The molecular formula is C34H36ClN3O4S2. The van der Waals surface area contributed by atoms with Crippen LogP contribution in [0.2, 0.25) is 5.02 Å². The third kappa shape index (κ3) is 8.22. The number of anilines is 1. The third-order valence-corrected chi connectivity index (χ3v) is 10.1. The molecule has 1 atom stereocenters. The Labute approximate surface area is 269 Å². The molecule has 7 nitrogen and oxygen atoms in total. The molecule has 0 radical (unpaired) electrons. The quantitative estimate of drug-likeness (QED) is 0.171. The number of nitrogens with zero attached hydrogens (tertiary/aromatic N) is 2. The molecule has 0 aliphatic carbocycles. The van der Waals surface area contributed by atoms with E-state index in [9.17, 15) is 18.0 Å². The van der Waals surface area contributed by atoms with Crippen LogP contribution >= 0.6 is 23.4 Å². The Kier molecular flexibility index (Phi) is 11.5. The van der Waals surface area contributed by atoms with Crippen molar-refractivity contribution in [3.8, 4) is 0 Å². The Hall–Kier alpha value is -3.79. The van der Waals surface area contributed by atoms with E-state index in [1.165, 1.54) is 16.7 Å². The molecule has 1 N–H and O–H groups in total. The van der Waals surface area contributed by atoms with E-state index in [4.69, 9.17) is 11.6 Å². The summed E-state index contributed by atoms with van der Waals surface area (Å²) in [7, 11) is -4.17. The van der Waals surface area contributed by atoms with E-state index >= 15 is 0 Å². The monoisotopic (exact) mass is 649 g/mol. The summed E-state index contributed by atoms with van der Waals surface area (Å²) in [5, 5.41) is 3.30. The van der Waals surface area contributed by atoms with Gasteiger partial charge in [-0.2, -0.15) is 0 Å². The minimum Gasteiger partial charge on any atom is -0.355 e. The molecule has 0 fully saturated rings. The number of likely N-dealkylation sites (N-methyl/N-ethyl adjacent to an activating group) is 1. The second kappa shape index (κ2) is 15.3. The van der Waals surface area contributed by atoms with Crippen LogP contribution in [0, 0.1) is 6.92 Å². The van der Waals surface area contributed by atoms with Crippen molar-refractivity contribution in [1.29, 1.82) is 0 Å². The van der Waals surface area contributed by atoms with Crippen molar-refractivity contribution in [3.05, 3.63) is 125 Å². The lowest BCUT2D eigenvalue weighted by Gasteiger charge is -2.34. The van der Waals surface area contributed by atoms with Crippen LogP contribution in [0.5, 0.6) is 0 Å². The van der Waals surface area contributed by atoms with E-state index in [1.807, 2.05) is 56.5 Å². The first-order chi connectivity index (χ1) is 21.1. The first kappa shape index (κ1) is 33.1. The number of thioether (sulfide) groups is 1. The number of sulfonamides is 1. The van der Waals surface area contributed by atoms with Crippen molar-refractivity contribution < 1.29 is 18.0 Å². The Balaban J connectivity index is 1.80. The largest absolute Gasteiger partial charge is 0.355 e. The summed E-state index contributed by atoms with van der Waals surface area (Å²) < 4.78 is 29.4. The van der Waals surface area contributed by atoms with Crippen molar-refractivity contribution in [2.45, 2.75) is 42.6 Å². The zero-order valence-corrected chi connectivity index (χ0v) is 27.3. The van der Waals surface area contributed by atoms with Gasteiger partial charge >= 0.3 is 0 Å². The molecule has 0 spiro atoms. The molecule has 4 rings (SSSR count). The number of aryl methyl sites for hydroxylation is 1. The highest BCUT2D eigenvalue weighted by molar-refractivity contribution is 7.98. The number of rotatable bonds is 13. The van der Waals surface area contributed by atoms with E-state index in [-0.39, 0.29) is 23.8 Å². The van der Waals surface area contributed by atoms with Gasteiger partial charge in [-0.25, -0.2) is 8.42 Å². The predicted octanol–water partition coefficient (Wildman–Crippen LogP) is 6.34. The van der Waals surface area contributed by atoms with Crippen LogP contribution in [0.3, 0.4) is 0 Å². The lowest BCUT2D eigenvalue weighted by atomic mass is 10.0. The molecule has 2 amide bonds. The fourth-order valence-electron chi connectivity index (χ4n) is 4.77. The summed E-state index contributed by atoms with van der Waals surface area (Å²) >= 11 is 8.03. The van der Waals surface area contributed by atoms with Gasteiger partial charge in [-0.15, -0.1) is 11.8 Å². The van der Waals surface area contributed by atoms with Crippen molar-refractivity contribution in [3.63, 3.8) is 0 Å². The van der Waals surface area contributed by atoms with Crippen LogP contribution < -0.4 is 9.62 Å². The van der Waals surface area contributed by atoms with Gasteiger partial charge in [0.1, 0.15) is 12.6 Å². The predicted molar refractivity (Wildman–Crippen MR) is 179 cm³/mol. The average molecular weight is 650 g/mol. The first-order valence-electron chi connectivity index (χ1n) is 14.2. The molecule has 10 heteroatoms. The summed E-state index contributed by atoms with van der Waals surface area (Å²) in [6, 6.07) is 29.1. The number of hydrogen-bond acceptors (Lipinski definition) is 5. The van der Waals surface area contributed by atoms with Gasteiger partial charge in [0, 0.05) is 29.4 Å². The molecule has 0 aliphatic heterocycles. The summed E-state index contributed by atoms with van der Waals surface area (Å²) in [6.45, 7) is 3.57. The average Bonchev–Trinajstić information content (AvgIpc) is 3.03. The highest BCUT2D eigenvalue weighted by Gasteiger charge is 2.34. The maximum absolute atomic E-state index is 14.4. The number of benzene rings is 4. The standard InChI is InChI=1S/C34H36ClN3O4S2/c1-4-36-34(40)32(22-26-10-6-5-7-11-26)37(23-27-12-8-9-13-31(27)35)33(39)24-38(28-16-14-25(2)15-17-28)44(41,42)30-20-18-29(43-3)19-21-30/h5-21,32H,4,22-24H2,1-3H3,(H,36,40)/t32-/m1/s1. The third-order valence-electron chi connectivity index (χ3n) is 7.17. The highest BCUT2D eigenvalue weighted by Crippen LogP contribution is 2.27. The van der Waals surface area contributed by atoms with E-state index in [0.717, 1.165) is 20.3 Å². The van der Waals surface area contributed by atoms with Crippen molar-refractivity contribution in [1.82, 2.24) is 10.2 Å². The van der Waals surface area contributed by atoms with Crippen LogP contribution in [-0.4, -0.2) is 50.5 Å². The van der Waals surface area contributed by atoms with Gasteiger partial charge in [-0.3, -0.25) is 13.9 Å². The Morgan fingerprint density at radius 1 is 0.886 bits per heavy atom. The molecule has 0 saturated heterocycles. The number of carbonyl (C=O) groups is 2. The number of amides is 2. The molecule has 0 bridgehead atoms. The van der Waals surface area contributed by atoms with Gasteiger partial charge in [0.25, 0.3) is 10.0 Å². The fourth-order valence-corrected chi connectivity index (χ4v) is 6.79. The van der Waals surface area contributed by atoms with Crippen LogP contribution in [0.25, 0.3) is 0 Å². The summed E-state index contributed by atoms with van der Waals surface area (Å²) in [5.41, 5.74) is 2.79. The number of nitrogens with one attached hydrogen (secondary N) is 1. The van der Waals surface area contributed by atoms with Crippen LogP contribution in [0.1, 0.15) is 23.6 Å². The van der Waals surface area contributed by atoms with Gasteiger partial charge in [-0.1, -0.05) is 77.8 Å². The molecule has 0 aromatic heterocycles. The van der Waals surface area contributed by atoms with Crippen LogP contribution in [-0.2, 0) is 32.6 Å². The van der Waals surface area contributed by atoms with Gasteiger partial charge in [-0.05, 0) is 73.7 Å². The van der Waals surface area contributed by atoms with E-state index in [1.54, 1.807) is 66.7 Å². The van der Waals surface area contributed by atoms with Gasteiger partial charge in [0.15, 0.2) is 0 Å². The topological polar surface area (TPSA) is 86.8 Å². The molecule has 0 aliphatic rings. The maximum Gasteiger partial charge on any atom is 0.264 e. The van der Waals surface area contributed by atoms with E-state index in [0.29, 0.717) is 22.8 Å². The Morgan fingerprint density at radius 2 is 1.52 bits per heavy atom. The smallest absolute Gasteiger partial charge is 0.264 e. The molecule has 0 unspecified atom stereocenters. The zero-order valence-electron chi connectivity index (χ0n) is 24.9. The van der Waals surface area contributed by atoms with Gasteiger partial charge < -0.3 is 10.2 Å². The Bertz CT molecular complexity index is 1670. The van der Waals surface area contributed by atoms with E-state index < -0.39 is 28.5 Å². The second-order valence-electron chi connectivity index (χ2n) is 10.2. The normalized spacial score (nSPS) is 11.9. The number of halogens is 1. The molecular weight excluding hydrogens is 614 g/mol. The first-order valence-corrected chi connectivity index (χ1v) is 17.3.